The number of esters is 1. The summed E-state index contributed by atoms with van der Waals surface area (Å²) in [7, 11) is -2.96. The van der Waals surface area contributed by atoms with E-state index >= 15 is 0 Å². The first-order chi connectivity index (χ1) is 14.8. The number of hydrogen-bond acceptors (Lipinski definition) is 7. The van der Waals surface area contributed by atoms with Gasteiger partial charge in [-0.05, 0) is 48.9 Å². The molecular formula is C21H20N2O7S. The van der Waals surface area contributed by atoms with Crippen LogP contribution in [0.5, 0.6) is 5.75 Å². The van der Waals surface area contributed by atoms with Crippen LogP contribution in [0.1, 0.15) is 32.2 Å². The molecule has 0 saturated heterocycles. The smallest absolute Gasteiger partial charge is 0.337 e. The van der Waals surface area contributed by atoms with Crippen LogP contribution in [0.25, 0.3) is 0 Å². The molecule has 9 nitrogen and oxygen atoms in total. The van der Waals surface area contributed by atoms with Gasteiger partial charge < -0.3 is 13.9 Å². The Morgan fingerprint density at radius 2 is 1.77 bits per heavy atom. The maximum absolute atomic E-state index is 12.6. The molecule has 0 radical (unpaired) electrons. The summed E-state index contributed by atoms with van der Waals surface area (Å²) >= 11 is 0. The van der Waals surface area contributed by atoms with E-state index in [1.165, 1.54) is 31.4 Å². The normalized spacial score (nSPS) is 11.0. The number of benzene rings is 2. The maximum Gasteiger partial charge on any atom is 0.337 e. The SMILES string of the molecule is COC(=O)c1ccc(C)c(S(=O)(=O)NNC(=O)c2ccc(COc3ccccc3)o2)c1. The predicted octanol–water partition coefficient (Wildman–Crippen LogP) is 2.58. The number of para-hydroxylation sites is 1. The zero-order chi connectivity index (χ0) is 22.4. The number of aryl methyl sites for hydroxylation is 1. The molecular weight excluding hydrogens is 424 g/mol. The van der Waals surface area contributed by atoms with Crippen LogP contribution in [0.2, 0.25) is 0 Å². The van der Waals surface area contributed by atoms with Crippen LogP contribution < -0.4 is 15.0 Å². The minimum atomic E-state index is -4.15. The largest absolute Gasteiger partial charge is 0.486 e. The molecule has 0 aliphatic rings. The van der Waals surface area contributed by atoms with Gasteiger partial charge in [-0.25, -0.2) is 13.2 Å². The summed E-state index contributed by atoms with van der Waals surface area (Å²) < 4.78 is 40.7. The molecule has 1 aromatic heterocycles. The third-order valence-electron chi connectivity index (χ3n) is 4.21. The number of hydrazine groups is 1. The average molecular weight is 444 g/mol. The second-order valence-electron chi connectivity index (χ2n) is 6.40. The van der Waals surface area contributed by atoms with Gasteiger partial charge in [0.15, 0.2) is 5.76 Å². The Labute approximate surface area is 179 Å². The minimum absolute atomic E-state index is 0.0638. The van der Waals surface area contributed by atoms with Crippen molar-refractivity contribution < 1.29 is 31.9 Å². The van der Waals surface area contributed by atoms with Crippen LogP contribution >= 0.6 is 0 Å². The number of methoxy groups -OCH3 is 1. The van der Waals surface area contributed by atoms with E-state index in [0.29, 0.717) is 17.1 Å². The van der Waals surface area contributed by atoms with Crippen LogP contribution in [0.15, 0.2) is 70.0 Å². The van der Waals surface area contributed by atoms with E-state index in [1.54, 1.807) is 25.1 Å². The standard InChI is InChI=1S/C21H20N2O7S/c1-14-8-9-15(21(25)28-2)12-19(14)31(26,27)23-22-20(24)18-11-10-17(30-18)13-29-16-6-4-3-5-7-16/h3-12,23H,13H2,1-2H3,(H,22,24). The lowest BCUT2D eigenvalue weighted by Crippen LogP contribution is -2.41. The summed E-state index contributed by atoms with van der Waals surface area (Å²) in [6, 6.07) is 16.1. The molecule has 0 saturated carbocycles. The molecule has 0 aliphatic heterocycles. The quantitative estimate of drug-likeness (QED) is 0.404. The lowest BCUT2D eigenvalue weighted by Gasteiger charge is -2.11. The summed E-state index contributed by atoms with van der Waals surface area (Å²) in [6.45, 7) is 1.66. The highest BCUT2D eigenvalue weighted by Crippen LogP contribution is 2.18. The summed E-state index contributed by atoms with van der Waals surface area (Å²) in [4.78, 5) is 25.8. The van der Waals surface area contributed by atoms with Crippen molar-refractivity contribution in [3.63, 3.8) is 0 Å². The van der Waals surface area contributed by atoms with Crippen molar-refractivity contribution in [1.29, 1.82) is 0 Å². The molecule has 0 atom stereocenters. The van der Waals surface area contributed by atoms with Crippen molar-refractivity contribution in [2.75, 3.05) is 7.11 Å². The number of rotatable bonds is 8. The molecule has 1 heterocycles. The van der Waals surface area contributed by atoms with E-state index in [4.69, 9.17) is 9.15 Å². The summed E-state index contributed by atoms with van der Waals surface area (Å²) in [5, 5.41) is 0. The highest BCUT2D eigenvalue weighted by Gasteiger charge is 2.21. The average Bonchev–Trinajstić information content (AvgIpc) is 3.25. The number of sulfonamides is 1. The summed E-state index contributed by atoms with van der Waals surface area (Å²) in [5.41, 5.74) is 2.53. The summed E-state index contributed by atoms with van der Waals surface area (Å²) in [5.74, 6) is -0.548. The molecule has 2 N–H and O–H groups in total. The molecule has 0 unspecified atom stereocenters. The van der Waals surface area contributed by atoms with Gasteiger partial charge >= 0.3 is 11.9 Å². The maximum atomic E-state index is 12.6. The molecule has 162 valence electrons. The van der Waals surface area contributed by atoms with Gasteiger partial charge in [-0.1, -0.05) is 24.3 Å². The Hall–Kier alpha value is -3.63. The van der Waals surface area contributed by atoms with Crippen LogP contribution in [0.4, 0.5) is 0 Å². The first-order valence-electron chi connectivity index (χ1n) is 9.08. The van der Waals surface area contributed by atoms with E-state index in [2.05, 4.69) is 10.2 Å². The molecule has 1 amide bonds. The third kappa shape index (κ3) is 5.50. The van der Waals surface area contributed by atoms with E-state index in [-0.39, 0.29) is 22.8 Å². The van der Waals surface area contributed by atoms with Crippen LogP contribution in [-0.2, 0) is 21.4 Å². The number of nitrogens with one attached hydrogen (secondary N) is 2. The van der Waals surface area contributed by atoms with Gasteiger partial charge in [-0.15, -0.1) is 4.83 Å². The number of amides is 1. The van der Waals surface area contributed by atoms with Gasteiger partial charge in [0.2, 0.25) is 0 Å². The van der Waals surface area contributed by atoms with Crippen molar-refractivity contribution in [3.8, 4) is 5.75 Å². The Balaban J connectivity index is 1.64. The molecule has 0 fully saturated rings. The topological polar surface area (TPSA) is 124 Å². The Morgan fingerprint density at radius 1 is 1.03 bits per heavy atom. The fourth-order valence-electron chi connectivity index (χ4n) is 2.61. The number of furan rings is 1. The summed E-state index contributed by atoms with van der Waals surface area (Å²) in [6.07, 6.45) is 0. The van der Waals surface area contributed by atoms with Crippen LogP contribution in [0, 0.1) is 6.92 Å². The van der Waals surface area contributed by atoms with Crippen LogP contribution in [0.3, 0.4) is 0 Å². The minimum Gasteiger partial charge on any atom is -0.486 e. The Kier molecular flexibility index (Phi) is 6.73. The highest BCUT2D eigenvalue weighted by molar-refractivity contribution is 7.89. The van der Waals surface area contributed by atoms with E-state index in [0.717, 1.165) is 0 Å². The predicted molar refractivity (Wildman–Crippen MR) is 110 cm³/mol. The number of hydrogen-bond donors (Lipinski definition) is 2. The second kappa shape index (κ2) is 9.45. The van der Waals surface area contributed by atoms with Crippen molar-refractivity contribution in [2.45, 2.75) is 18.4 Å². The van der Waals surface area contributed by atoms with Gasteiger partial charge in [0.25, 0.3) is 10.0 Å². The lowest BCUT2D eigenvalue weighted by molar-refractivity contribution is 0.0600. The van der Waals surface area contributed by atoms with Crippen molar-refractivity contribution >= 4 is 21.9 Å². The molecule has 0 spiro atoms. The Morgan fingerprint density at radius 3 is 2.48 bits per heavy atom. The van der Waals surface area contributed by atoms with E-state index < -0.39 is 21.9 Å². The molecule has 2 aromatic carbocycles. The van der Waals surface area contributed by atoms with Crippen molar-refractivity contribution in [3.05, 3.63) is 83.3 Å². The van der Waals surface area contributed by atoms with Crippen molar-refractivity contribution in [1.82, 2.24) is 10.3 Å². The number of carbonyl (C=O) groups excluding carboxylic acids is 2. The number of carbonyl (C=O) groups is 2. The molecule has 10 heteroatoms. The first kappa shape index (κ1) is 22.1. The fourth-order valence-corrected chi connectivity index (χ4v) is 3.72. The molecule has 3 rings (SSSR count). The lowest BCUT2D eigenvalue weighted by atomic mass is 10.1. The third-order valence-corrected chi connectivity index (χ3v) is 5.60. The number of ether oxygens (including phenoxy) is 2. The molecule has 3 aromatic rings. The van der Waals surface area contributed by atoms with E-state index in [1.807, 2.05) is 23.0 Å². The van der Waals surface area contributed by atoms with Gasteiger partial charge in [0.05, 0.1) is 17.6 Å². The van der Waals surface area contributed by atoms with Gasteiger partial charge in [0, 0.05) is 0 Å². The van der Waals surface area contributed by atoms with Gasteiger partial charge in [-0.2, -0.15) is 0 Å². The molecule has 0 aliphatic carbocycles. The highest BCUT2D eigenvalue weighted by atomic mass is 32.2. The van der Waals surface area contributed by atoms with Gasteiger partial charge in [-0.3, -0.25) is 10.2 Å². The monoisotopic (exact) mass is 444 g/mol. The molecule has 0 bridgehead atoms. The molecule has 31 heavy (non-hydrogen) atoms. The zero-order valence-electron chi connectivity index (χ0n) is 16.7. The zero-order valence-corrected chi connectivity index (χ0v) is 17.6. The fraction of sp³-hybridized carbons (Fsp3) is 0.143. The Bertz CT molecular complexity index is 1190. The van der Waals surface area contributed by atoms with Crippen LogP contribution in [-0.4, -0.2) is 27.4 Å². The second-order valence-corrected chi connectivity index (χ2v) is 8.05. The van der Waals surface area contributed by atoms with Crippen molar-refractivity contribution in [2.24, 2.45) is 0 Å². The van der Waals surface area contributed by atoms with E-state index in [9.17, 15) is 18.0 Å². The van der Waals surface area contributed by atoms with Gasteiger partial charge in [0.1, 0.15) is 18.1 Å². The first-order valence-corrected chi connectivity index (χ1v) is 10.6.